The van der Waals surface area contributed by atoms with E-state index >= 15 is 0 Å². The Bertz CT molecular complexity index is 607. The third-order valence-corrected chi connectivity index (χ3v) is 2.68. The molecule has 0 aliphatic rings. The molecule has 0 spiro atoms. The molecule has 3 heterocycles. The van der Waals surface area contributed by atoms with Gasteiger partial charge in [-0.05, 0) is 24.6 Å². The first-order chi connectivity index (χ1) is 7.86. The summed E-state index contributed by atoms with van der Waals surface area (Å²) in [5.74, 6) is 0. The van der Waals surface area contributed by atoms with Gasteiger partial charge < -0.3 is 4.40 Å². The van der Waals surface area contributed by atoms with Crippen molar-refractivity contribution >= 4 is 5.65 Å². The number of pyridine rings is 1. The summed E-state index contributed by atoms with van der Waals surface area (Å²) < 4.78 is 2.04. The minimum Gasteiger partial charge on any atom is -0.307 e. The molecule has 0 aromatic carbocycles. The normalized spacial score (nSPS) is 11.1. The van der Waals surface area contributed by atoms with Crippen molar-refractivity contribution < 1.29 is 0 Å². The number of nitrogens with one attached hydrogen (secondary N) is 1. The molecule has 4 nitrogen and oxygen atoms in total. The Hall–Kier alpha value is -2.10. The van der Waals surface area contributed by atoms with Crippen LogP contribution in [0, 0.1) is 0 Å². The van der Waals surface area contributed by atoms with Crippen molar-refractivity contribution in [3.63, 3.8) is 0 Å². The van der Waals surface area contributed by atoms with Gasteiger partial charge in [0.25, 0.3) is 0 Å². The number of aryl methyl sites for hydroxylation is 1. The van der Waals surface area contributed by atoms with Crippen LogP contribution in [0.5, 0.6) is 0 Å². The highest BCUT2D eigenvalue weighted by Gasteiger charge is 2.03. The third kappa shape index (κ3) is 1.39. The Balaban J connectivity index is 2.15. The maximum absolute atomic E-state index is 4.53. The summed E-state index contributed by atoms with van der Waals surface area (Å²) in [5.41, 5.74) is 4.22. The van der Waals surface area contributed by atoms with E-state index in [1.54, 1.807) is 6.20 Å². The van der Waals surface area contributed by atoms with E-state index in [-0.39, 0.29) is 0 Å². The first-order valence-corrected chi connectivity index (χ1v) is 5.34. The van der Waals surface area contributed by atoms with E-state index in [0.29, 0.717) is 0 Å². The molecule has 3 aromatic rings. The Morgan fingerprint density at radius 1 is 1.38 bits per heavy atom. The molecule has 0 unspecified atom stereocenters. The molecule has 3 aromatic heterocycles. The number of imidazole rings is 1. The van der Waals surface area contributed by atoms with Crippen LogP contribution in [0.1, 0.15) is 12.6 Å². The molecule has 0 amide bonds. The standard InChI is InChI=1S/C12H12N4/c1-2-10-8-16-6-4-9(7-12(16)14-10)11-3-5-13-15-11/h3-8H,2H2,1H3,(H,13,15). The highest BCUT2D eigenvalue weighted by atomic mass is 15.1. The van der Waals surface area contributed by atoms with E-state index in [4.69, 9.17) is 0 Å². The van der Waals surface area contributed by atoms with Gasteiger partial charge in [-0.1, -0.05) is 6.92 Å². The van der Waals surface area contributed by atoms with Gasteiger partial charge in [0.05, 0.1) is 11.4 Å². The molecule has 0 radical (unpaired) electrons. The second kappa shape index (κ2) is 3.48. The van der Waals surface area contributed by atoms with Gasteiger partial charge in [-0.15, -0.1) is 0 Å². The zero-order valence-corrected chi connectivity index (χ0v) is 9.01. The SMILES string of the molecule is CCc1cn2ccc(-c3ccn[nH]3)cc2n1. The van der Waals surface area contributed by atoms with Crippen molar-refractivity contribution in [3.05, 3.63) is 42.5 Å². The van der Waals surface area contributed by atoms with E-state index < -0.39 is 0 Å². The predicted molar refractivity (Wildman–Crippen MR) is 62.2 cm³/mol. The van der Waals surface area contributed by atoms with Gasteiger partial charge in [0.1, 0.15) is 5.65 Å². The van der Waals surface area contributed by atoms with Crippen molar-refractivity contribution in [1.82, 2.24) is 19.6 Å². The molecule has 16 heavy (non-hydrogen) atoms. The first-order valence-electron chi connectivity index (χ1n) is 5.34. The first kappa shape index (κ1) is 9.15. The minimum absolute atomic E-state index is 0.959. The van der Waals surface area contributed by atoms with Gasteiger partial charge in [0.2, 0.25) is 0 Å². The van der Waals surface area contributed by atoms with Crippen molar-refractivity contribution in [2.24, 2.45) is 0 Å². The number of aromatic nitrogens is 4. The molecule has 3 rings (SSSR count). The second-order valence-electron chi connectivity index (χ2n) is 3.74. The van der Waals surface area contributed by atoms with Crippen LogP contribution in [0.15, 0.2) is 36.8 Å². The smallest absolute Gasteiger partial charge is 0.137 e. The summed E-state index contributed by atoms with van der Waals surface area (Å²) in [6.07, 6.45) is 6.80. The van der Waals surface area contributed by atoms with Crippen LogP contribution < -0.4 is 0 Å². The molecule has 0 saturated heterocycles. The number of rotatable bonds is 2. The van der Waals surface area contributed by atoms with E-state index in [0.717, 1.165) is 29.0 Å². The van der Waals surface area contributed by atoms with E-state index in [9.17, 15) is 0 Å². The lowest BCUT2D eigenvalue weighted by atomic mass is 10.2. The average Bonchev–Trinajstić information content (AvgIpc) is 2.96. The van der Waals surface area contributed by atoms with Crippen LogP contribution >= 0.6 is 0 Å². The van der Waals surface area contributed by atoms with Crippen molar-refractivity contribution in [3.8, 4) is 11.3 Å². The molecular weight excluding hydrogens is 200 g/mol. The molecular formula is C12H12N4. The van der Waals surface area contributed by atoms with Crippen molar-refractivity contribution in [1.29, 1.82) is 0 Å². The number of hydrogen-bond donors (Lipinski definition) is 1. The molecule has 0 atom stereocenters. The molecule has 0 aliphatic carbocycles. The summed E-state index contributed by atoms with van der Waals surface area (Å²) in [6, 6.07) is 6.07. The number of hydrogen-bond acceptors (Lipinski definition) is 2. The molecule has 1 N–H and O–H groups in total. The minimum atomic E-state index is 0.959. The van der Waals surface area contributed by atoms with Gasteiger partial charge in [-0.25, -0.2) is 4.98 Å². The van der Waals surface area contributed by atoms with Crippen LogP contribution in [0.3, 0.4) is 0 Å². The lowest BCUT2D eigenvalue weighted by Gasteiger charge is -1.97. The lowest BCUT2D eigenvalue weighted by Crippen LogP contribution is -1.84. The molecule has 4 heteroatoms. The molecule has 0 saturated carbocycles. The van der Waals surface area contributed by atoms with Crippen LogP contribution in [-0.2, 0) is 6.42 Å². The molecule has 0 bridgehead atoms. The lowest BCUT2D eigenvalue weighted by molar-refractivity contribution is 1.07. The maximum atomic E-state index is 4.53. The summed E-state index contributed by atoms with van der Waals surface area (Å²) in [4.78, 5) is 4.53. The van der Waals surface area contributed by atoms with Gasteiger partial charge in [0.15, 0.2) is 0 Å². The van der Waals surface area contributed by atoms with Crippen LogP contribution in [-0.4, -0.2) is 19.6 Å². The predicted octanol–water partition coefficient (Wildman–Crippen LogP) is 2.29. The Kier molecular flexibility index (Phi) is 1.99. The van der Waals surface area contributed by atoms with E-state index in [2.05, 4.69) is 40.4 Å². The molecule has 0 fully saturated rings. The largest absolute Gasteiger partial charge is 0.307 e. The second-order valence-corrected chi connectivity index (χ2v) is 3.74. The van der Waals surface area contributed by atoms with Gasteiger partial charge in [0, 0.05) is 24.2 Å². The highest BCUT2D eigenvalue weighted by Crippen LogP contribution is 2.18. The van der Waals surface area contributed by atoms with E-state index in [1.807, 2.05) is 16.7 Å². The van der Waals surface area contributed by atoms with Crippen molar-refractivity contribution in [2.45, 2.75) is 13.3 Å². The fourth-order valence-electron chi connectivity index (χ4n) is 1.79. The fourth-order valence-corrected chi connectivity index (χ4v) is 1.79. The van der Waals surface area contributed by atoms with Crippen LogP contribution in [0.4, 0.5) is 0 Å². The zero-order valence-electron chi connectivity index (χ0n) is 9.01. The Morgan fingerprint density at radius 2 is 2.31 bits per heavy atom. The Labute approximate surface area is 93.0 Å². The van der Waals surface area contributed by atoms with Gasteiger partial charge in [-0.2, -0.15) is 5.10 Å². The van der Waals surface area contributed by atoms with Crippen LogP contribution in [0.25, 0.3) is 16.9 Å². The Morgan fingerprint density at radius 3 is 3.06 bits per heavy atom. The fraction of sp³-hybridized carbons (Fsp3) is 0.167. The summed E-state index contributed by atoms with van der Waals surface area (Å²) in [7, 11) is 0. The quantitative estimate of drug-likeness (QED) is 0.708. The number of H-pyrrole nitrogens is 1. The third-order valence-electron chi connectivity index (χ3n) is 2.68. The van der Waals surface area contributed by atoms with Crippen LogP contribution in [0.2, 0.25) is 0 Å². The molecule has 0 aliphatic heterocycles. The molecule has 80 valence electrons. The summed E-state index contributed by atoms with van der Waals surface area (Å²) >= 11 is 0. The van der Waals surface area contributed by atoms with Gasteiger partial charge >= 0.3 is 0 Å². The topological polar surface area (TPSA) is 46.0 Å². The average molecular weight is 212 g/mol. The maximum Gasteiger partial charge on any atom is 0.137 e. The monoisotopic (exact) mass is 212 g/mol. The van der Waals surface area contributed by atoms with Gasteiger partial charge in [-0.3, -0.25) is 5.10 Å². The zero-order chi connectivity index (χ0) is 11.0. The van der Waals surface area contributed by atoms with Crippen molar-refractivity contribution in [2.75, 3.05) is 0 Å². The van der Waals surface area contributed by atoms with E-state index in [1.165, 1.54) is 0 Å². The summed E-state index contributed by atoms with van der Waals surface area (Å²) in [5, 5.41) is 6.90. The number of fused-ring (bicyclic) bond motifs is 1. The highest BCUT2D eigenvalue weighted by molar-refractivity contribution is 5.63. The number of nitrogens with zero attached hydrogens (tertiary/aromatic N) is 3. The summed E-state index contributed by atoms with van der Waals surface area (Å²) in [6.45, 7) is 2.11. The number of aromatic amines is 1.